The number of imidazole rings is 1. The Morgan fingerprint density at radius 1 is 1.00 bits per heavy atom. The number of hydroxylamine groups is 1. The van der Waals surface area contributed by atoms with Crippen molar-refractivity contribution in [1.82, 2.24) is 15.0 Å². The zero-order valence-electron chi connectivity index (χ0n) is 21.8. The molecule has 0 saturated carbocycles. The van der Waals surface area contributed by atoms with Crippen LogP contribution in [0.5, 0.6) is 0 Å². The number of halogens is 2. The number of aromatic nitrogens is 2. The van der Waals surface area contributed by atoms with Crippen molar-refractivity contribution in [2.75, 3.05) is 5.32 Å². The van der Waals surface area contributed by atoms with E-state index in [0.717, 1.165) is 16.7 Å². The van der Waals surface area contributed by atoms with Crippen molar-refractivity contribution in [3.63, 3.8) is 0 Å². The Morgan fingerprint density at radius 2 is 1.75 bits per heavy atom. The molecule has 40 heavy (non-hydrogen) atoms. The van der Waals surface area contributed by atoms with Gasteiger partial charge in [0.1, 0.15) is 5.15 Å². The molecule has 0 unspecified atom stereocenters. The molecule has 4 N–H and O–H groups in total. The number of unbranched alkanes of at least 4 members (excludes halogenated alkanes) is 2. The molecular weight excluding hydrogens is 559 g/mol. The van der Waals surface area contributed by atoms with Gasteiger partial charge in [0.15, 0.2) is 11.4 Å². The SMILES string of the molecule is O=C(CCCCCC(=O)Nc1cccc([C@H]2O[C@@H](Cn3cnc(Cl)c3Cl)C[C@@H](c3ccc(CO)cc3)O2)c1)NO. The summed E-state index contributed by atoms with van der Waals surface area (Å²) in [5.41, 5.74) is 4.72. The zero-order chi connectivity index (χ0) is 28.5. The number of anilines is 1. The molecule has 214 valence electrons. The van der Waals surface area contributed by atoms with Gasteiger partial charge in [0, 0.05) is 30.5 Å². The predicted molar refractivity (Wildman–Crippen MR) is 149 cm³/mol. The molecule has 10 nitrogen and oxygen atoms in total. The summed E-state index contributed by atoms with van der Waals surface area (Å²) in [7, 11) is 0. The van der Waals surface area contributed by atoms with Gasteiger partial charge in [-0.2, -0.15) is 0 Å². The maximum absolute atomic E-state index is 12.5. The summed E-state index contributed by atoms with van der Waals surface area (Å²) in [4.78, 5) is 27.6. The van der Waals surface area contributed by atoms with Crippen LogP contribution in [0.2, 0.25) is 10.3 Å². The number of aliphatic hydroxyl groups is 1. The number of nitrogens with one attached hydrogen (secondary N) is 2. The summed E-state index contributed by atoms with van der Waals surface area (Å²) in [5.74, 6) is -0.572. The minimum absolute atomic E-state index is 0.0422. The predicted octanol–water partition coefficient (Wildman–Crippen LogP) is 5.32. The third-order valence-electron chi connectivity index (χ3n) is 6.62. The monoisotopic (exact) mass is 590 g/mol. The molecule has 3 atom stereocenters. The maximum atomic E-state index is 12.5. The fourth-order valence-electron chi connectivity index (χ4n) is 4.51. The summed E-state index contributed by atoms with van der Waals surface area (Å²) in [6.07, 6.45) is 3.27. The molecule has 2 heterocycles. The van der Waals surface area contributed by atoms with Crippen LogP contribution < -0.4 is 10.8 Å². The summed E-state index contributed by atoms with van der Waals surface area (Å²) < 4.78 is 14.5. The van der Waals surface area contributed by atoms with Crippen LogP contribution in [0.25, 0.3) is 0 Å². The van der Waals surface area contributed by atoms with Crippen LogP contribution in [0.3, 0.4) is 0 Å². The molecule has 4 rings (SSSR count). The van der Waals surface area contributed by atoms with Gasteiger partial charge in [0.25, 0.3) is 0 Å². The normalized spacial score (nSPS) is 18.9. The second-order valence-electron chi connectivity index (χ2n) is 9.60. The second-order valence-corrected chi connectivity index (χ2v) is 10.3. The van der Waals surface area contributed by atoms with Gasteiger partial charge in [0.2, 0.25) is 11.8 Å². The lowest BCUT2D eigenvalue weighted by Crippen LogP contribution is -2.32. The van der Waals surface area contributed by atoms with E-state index in [1.807, 2.05) is 42.5 Å². The topological polar surface area (TPSA) is 135 Å². The van der Waals surface area contributed by atoms with Crippen molar-refractivity contribution in [3.8, 4) is 0 Å². The first-order valence-corrected chi connectivity index (χ1v) is 13.8. The van der Waals surface area contributed by atoms with E-state index in [0.29, 0.717) is 49.5 Å². The van der Waals surface area contributed by atoms with Crippen LogP contribution in [-0.2, 0) is 32.2 Å². The van der Waals surface area contributed by atoms with Crippen LogP contribution >= 0.6 is 23.2 Å². The molecule has 1 aromatic heterocycles. The molecule has 1 aliphatic heterocycles. The largest absolute Gasteiger partial charge is 0.392 e. The summed E-state index contributed by atoms with van der Waals surface area (Å²) in [6.45, 7) is 0.374. The van der Waals surface area contributed by atoms with E-state index in [4.69, 9.17) is 37.9 Å². The highest BCUT2D eigenvalue weighted by Gasteiger charge is 2.33. The maximum Gasteiger partial charge on any atom is 0.243 e. The number of hydrogen-bond donors (Lipinski definition) is 4. The van der Waals surface area contributed by atoms with E-state index in [-0.39, 0.29) is 36.3 Å². The van der Waals surface area contributed by atoms with Crippen LogP contribution in [0.4, 0.5) is 5.69 Å². The fourth-order valence-corrected chi connectivity index (χ4v) is 4.83. The number of benzene rings is 2. The van der Waals surface area contributed by atoms with Crippen LogP contribution in [-0.4, -0.2) is 37.8 Å². The third-order valence-corrected chi connectivity index (χ3v) is 7.39. The Bertz CT molecular complexity index is 1290. The molecule has 0 spiro atoms. The van der Waals surface area contributed by atoms with Gasteiger partial charge in [-0.25, -0.2) is 10.5 Å². The van der Waals surface area contributed by atoms with Crippen LogP contribution in [0, 0.1) is 0 Å². The van der Waals surface area contributed by atoms with Crippen molar-refractivity contribution in [2.24, 2.45) is 0 Å². The molecule has 1 saturated heterocycles. The van der Waals surface area contributed by atoms with Gasteiger partial charge in [-0.15, -0.1) is 0 Å². The highest BCUT2D eigenvalue weighted by Crippen LogP contribution is 2.39. The number of rotatable bonds is 12. The first-order valence-electron chi connectivity index (χ1n) is 13.1. The van der Waals surface area contributed by atoms with E-state index in [1.165, 1.54) is 0 Å². The Hall–Kier alpha value is -2.99. The Kier molecular flexibility index (Phi) is 10.9. The van der Waals surface area contributed by atoms with E-state index in [9.17, 15) is 14.7 Å². The summed E-state index contributed by atoms with van der Waals surface area (Å²) >= 11 is 12.3. The minimum Gasteiger partial charge on any atom is -0.392 e. The Balaban J connectivity index is 1.44. The number of hydrogen-bond acceptors (Lipinski definition) is 7. The molecule has 0 aliphatic carbocycles. The number of carbonyl (C=O) groups is 2. The van der Waals surface area contributed by atoms with Crippen molar-refractivity contribution in [2.45, 2.75) is 70.2 Å². The Morgan fingerprint density at radius 3 is 2.42 bits per heavy atom. The van der Waals surface area contributed by atoms with E-state index in [2.05, 4.69) is 10.3 Å². The standard InChI is InChI=1S/C28H32Cl2N4O6/c29-26-27(30)34(17-31-26)15-22-14-23(19-11-9-18(16-35)10-12-19)40-28(39-22)20-5-4-6-21(13-20)32-24(36)7-2-1-3-8-25(37)33-38/h4-6,9-13,17,22-23,28,35,38H,1-3,7-8,14-16H2,(H,32,36)(H,33,37)/t22-,23+,28+/m1/s1. The molecule has 0 bridgehead atoms. The number of ether oxygens (including phenoxy) is 2. The lowest BCUT2D eigenvalue weighted by atomic mass is 10.00. The van der Waals surface area contributed by atoms with Crippen molar-refractivity contribution in [3.05, 3.63) is 81.9 Å². The highest BCUT2D eigenvalue weighted by atomic mass is 35.5. The van der Waals surface area contributed by atoms with E-state index < -0.39 is 12.2 Å². The van der Waals surface area contributed by atoms with Crippen molar-refractivity contribution < 1.29 is 29.4 Å². The first-order chi connectivity index (χ1) is 19.4. The Labute approximate surface area is 242 Å². The lowest BCUT2D eigenvalue weighted by molar-refractivity contribution is -0.252. The second kappa shape index (κ2) is 14.6. The van der Waals surface area contributed by atoms with Crippen LogP contribution in [0.1, 0.15) is 67.6 Å². The quantitative estimate of drug-likeness (QED) is 0.127. The molecule has 1 fully saturated rings. The molecule has 2 amide bonds. The average Bonchev–Trinajstić information content (AvgIpc) is 3.29. The van der Waals surface area contributed by atoms with Crippen molar-refractivity contribution >= 4 is 40.7 Å². The molecule has 12 heteroatoms. The molecular formula is C28H32Cl2N4O6. The van der Waals surface area contributed by atoms with Crippen molar-refractivity contribution in [1.29, 1.82) is 0 Å². The van der Waals surface area contributed by atoms with Gasteiger partial charge in [-0.1, -0.05) is 66.0 Å². The smallest absolute Gasteiger partial charge is 0.243 e. The number of amides is 2. The fraction of sp³-hybridized carbons (Fsp3) is 0.393. The summed E-state index contributed by atoms with van der Waals surface area (Å²) in [5, 5.41) is 21.4. The minimum atomic E-state index is -0.714. The van der Waals surface area contributed by atoms with E-state index in [1.54, 1.807) is 22.4 Å². The van der Waals surface area contributed by atoms with Gasteiger partial charge >= 0.3 is 0 Å². The molecule has 1 aliphatic rings. The van der Waals surface area contributed by atoms with E-state index >= 15 is 0 Å². The molecule has 0 radical (unpaired) electrons. The average molecular weight is 591 g/mol. The van der Waals surface area contributed by atoms with Gasteiger partial charge in [0.05, 0.1) is 31.7 Å². The van der Waals surface area contributed by atoms with Gasteiger partial charge < -0.3 is 24.5 Å². The zero-order valence-corrected chi connectivity index (χ0v) is 23.3. The highest BCUT2D eigenvalue weighted by molar-refractivity contribution is 6.40. The number of carbonyl (C=O) groups excluding carboxylic acids is 2. The van der Waals surface area contributed by atoms with Gasteiger partial charge in [-0.3, -0.25) is 14.8 Å². The van der Waals surface area contributed by atoms with Gasteiger partial charge in [-0.05, 0) is 36.1 Å². The number of nitrogens with zero attached hydrogens (tertiary/aromatic N) is 2. The third kappa shape index (κ3) is 8.26. The summed E-state index contributed by atoms with van der Waals surface area (Å²) in [6, 6.07) is 14.9. The number of aliphatic hydroxyl groups excluding tert-OH is 1. The first kappa shape index (κ1) is 30.0. The molecule has 3 aromatic rings. The van der Waals surface area contributed by atoms with Crippen LogP contribution in [0.15, 0.2) is 54.9 Å². The lowest BCUT2D eigenvalue weighted by Gasteiger charge is -2.36. The molecule has 2 aromatic carbocycles.